The van der Waals surface area contributed by atoms with Crippen molar-refractivity contribution >= 4 is 27.3 Å². The molecule has 1 aliphatic rings. The van der Waals surface area contributed by atoms with Crippen LogP contribution in [0.4, 0.5) is 5.82 Å². The van der Waals surface area contributed by atoms with Crippen molar-refractivity contribution in [2.75, 3.05) is 24.2 Å². The van der Waals surface area contributed by atoms with Gasteiger partial charge in [0.25, 0.3) is 0 Å². The molecule has 0 bridgehead atoms. The van der Waals surface area contributed by atoms with Crippen molar-refractivity contribution in [1.82, 2.24) is 4.98 Å². The van der Waals surface area contributed by atoms with E-state index < -0.39 is 9.84 Å². The fourth-order valence-electron chi connectivity index (χ4n) is 2.03. The van der Waals surface area contributed by atoms with Crippen LogP contribution in [0, 0.1) is 0 Å². The second kappa shape index (κ2) is 4.82. The molecule has 2 heterocycles. The summed E-state index contributed by atoms with van der Waals surface area (Å²) in [4.78, 5) is 6.43. The van der Waals surface area contributed by atoms with Crippen molar-refractivity contribution in [3.8, 4) is 0 Å². The zero-order valence-electron chi connectivity index (χ0n) is 9.63. The van der Waals surface area contributed by atoms with E-state index in [-0.39, 0.29) is 10.3 Å². The fraction of sp³-hybridized carbons (Fsp3) is 0.545. The van der Waals surface area contributed by atoms with E-state index in [2.05, 4.69) is 4.98 Å². The molecule has 0 aliphatic carbocycles. The highest BCUT2D eigenvalue weighted by Gasteiger charge is 2.24. The van der Waals surface area contributed by atoms with Crippen LogP contribution in [-0.2, 0) is 9.84 Å². The maximum atomic E-state index is 11.7. The normalized spacial score (nSPS) is 21.5. The number of alkyl halides is 1. The van der Waals surface area contributed by atoms with E-state index in [1.807, 2.05) is 4.90 Å². The smallest absolute Gasteiger partial charge is 0.179 e. The van der Waals surface area contributed by atoms with Crippen molar-refractivity contribution < 1.29 is 8.42 Å². The Morgan fingerprint density at radius 3 is 2.94 bits per heavy atom. The summed E-state index contributed by atoms with van der Waals surface area (Å²) in [6.45, 7) is 1.46. The highest BCUT2D eigenvalue weighted by Crippen LogP contribution is 2.26. The Morgan fingerprint density at radius 2 is 2.29 bits per heavy atom. The van der Waals surface area contributed by atoms with Crippen LogP contribution in [0.1, 0.15) is 12.8 Å². The van der Waals surface area contributed by atoms with Crippen molar-refractivity contribution in [1.29, 1.82) is 0 Å². The van der Waals surface area contributed by atoms with E-state index >= 15 is 0 Å². The van der Waals surface area contributed by atoms with E-state index in [4.69, 9.17) is 11.6 Å². The first kappa shape index (κ1) is 12.6. The maximum absolute atomic E-state index is 11.7. The number of piperidine rings is 1. The molecule has 1 aliphatic heterocycles. The van der Waals surface area contributed by atoms with Crippen molar-refractivity contribution in [3.05, 3.63) is 18.3 Å². The topological polar surface area (TPSA) is 50.3 Å². The minimum atomic E-state index is -3.25. The Kier molecular flexibility index (Phi) is 3.58. The summed E-state index contributed by atoms with van der Waals surface area (Å²) in [5.41, 5.74) is 0. The molecule has 1 aromatic heterocycles. The third kappa shape index (κ3) is 2.90. The van der Waals surface area contributed by atoms with E-state index in [0.717, 1.165) is 19.4 Å². The van der Waals surface area contributed by atoms with Gasteiger partial charge in [0.15, 0.2) is 9.84 Å². The van der Waals surface area contributed by atoms with Gasteiger partial charge in [0.1, 0.15) is 10.7 Å². The Labute approximate surface area is 107 Å². The van der Waals surface area contributed by atoms with Gasteiger partial charge in [-0.2, -0.15) is 0 Å². The van der Waals surface area contributed by atoms with Gasteiger partial charge in [-0.15, -0.1) is 11.6 Å². The summed E-state index contributed by atoms with van der Waals surface area (Å²) in [5.74, 6) is 0.528. The first-order valence-electron chi connectivity index (χ1n) is 5.52. The number of pyridine rings is 1. The van der Waals surface area contributed by atoms with Crippen LogP contribution in [0.5, 0.6) is 0 Å². The quantitative estimate of drug-likeness (QED) is 0.770. The zero-order chi connectivity index (χ0) is 12.5. The highest BCUT2D eigenvalue weighted by molar-refractivity contribution is 7.90. The highest BCUT2D eigenvalue weighted by atomic mass is 35.5. The minimum Gasteiger partial charge on any atom is -0.354 e. The number of hydrogen-bond donors (Lipinski definition) is 0. The van der Waals surface area contributed by atoms with Crippen LogP contribution < -0.4 is 4.90 Å². The predicted octanol–water partition coefficient (Wildman–Crippen LogP) is 1.69. The molecule has 1 unspecified atom stereocenters. The van der Waals surface area contributed by atoms with E-state index in [0.29, 0.717) is 12.4 Å². The van der Waals surface area contributed by atoms with Gasteiger partial charge in [-0.25, -0.2) is 13.4 Å². The summed E-state index contributed by atoms with van der Waals surface area (Å²) in [7, 11) is -3.25. The first-order chi connectivity index (χ1) is 7.98. The summed E-state index contributed by atoms with van der Waals surface area (Å²) in [6.07, 6.45) is 4.75. The fourth-order valence-corrected chi connectivity index (χ4v) is 3.19. The zero-order valence-corrected chi connectivity index (χ0v) is 11.2. The van der Waals surface area contributed by atoms with Crippen LogP contribution in [0.2, 0.25) is 0 Å². The molecule has 6 heteroatoms. The largest absolute Gasteiger partial charge is 0.354 e. The van der Waals surface area contributed by atoms with Gasteiger partial charge < -0.3 is 4.90 Å². The molecule has 94 valence electrons. The van der Waals surface area contributed by atoms with Crippen LogP contribution in [-0.4, -0.2) is 38.1 Å². The van der Waals surface area contributed by atoms with E-state index in [1.54, 1.807) is 18.3 Å². The van der Waals surface area contributed by atoms with Gasteiger partial charge in [-0.1, -0.05) is 0 Å². The van der Waals surface area contributed by atoms with E-state index in [9.17, 15) is 8.42 Å². The number of anilines is 1. The molecular formula is C11H15ClN2O2S. The molecule has 0 spiro atoms. The summed E-state index contributed by atoms with van der Waals surface area (Å²) in [6, 6.07) is 3.23. The van der Waals surface area contributed by atoms with Crippen LogP contribution >= 0.6 is 11.6 Å². The first-order valence-corrected chi connectivity index (χ1v) is 7.85. The number of rotatable bonds is 2. The number of hydrogen-bond acceptors (Lipinski definition) is 4. The molecule has 1 aromatic rings. The van der Waals surface area contributed by atoms with Crippen molar-refractivity contribution in [3.63, 3.8) is 0 Å². The molecule has 17 heavy (non-hydrogen) atoms. The van der Waals surface area contributed by atoms with Gasteiger partial charge in [-0.05, 0) is 25.0 Å². The summed E-state index contributed by atoms with van der Waals surface area (Å²) in [5, 5.41) is 0.0677. The molecule has 4 nitrogen and oxygen atoms in total. The Hall–Kier alpha value is -0.810. The molecule has 1 saturated heterocycles. The van der Waals surface area contributed by atoms with Crippen LogP contribution in [0.15, 0.2) is 23.2 Å². The molecular weight excluding hydrogens is 260 g/mol. The SMILES string of the molecule is CS(=O)(=O)c1cccnc1N1CCCC(Cl)C1. The van der Waals surface area contributed by atoms with Gasteiger partial charge in [-0.3, -0.25) is 0 Å². The molecule has 1 atom stereocenters. The third-order valence-electron chi connectivity index (χ3n) is 2.81. The molecule has 1 fully saturated rings. The maximum Gasteiger partial charge on any atom is 0.179 e. The number of nitrogens with zero attached hydrogens (tertiary/aromatic N) is 2. The average molecular weight is 275 g/mol. The Morgan fingerprint density at radius 1 is 1.53 bits per heavy atom. The second-order valence-corrected chi connectivity index (χ2v) is 6.88. The predicted molar refractivity (Wildman–Crippen MR) is 68.4 cm³/mol. The standard InChI is InChI=1S/C11H15ClN2O2S/c1-17(15,16)10-5-2-6-13-11(10)14-7-3-4-9(12)8-14/h2,5-6,9H,3-4,7-8H2,1H3. The lowest BCUT2D eigenvalue weighted by atomic mass is 10.1. The second-order valence-electron chi connectivity index (χ2n) is 4.28. The molecule has 0 N–H and O–H groups in total. The van der Waals surface area contributed by atoms with Crippen molar-refractivity contribution in [2.24, 2.45) is 0 Å². The van der Waals surface area contributed by atoms with Gasteiger partial charge in [0.2, 0.25) is 0 Å². The Bertz CT molecular complexity index is 504. The number of aromatic nitrogens is 1. The lowest BCUT2D eigenvalue weighted by Gasteiger charge is -2.31. The van der Waals surface area contributed by atoms with Gasteiger partial charge in [0.05, 0.1) is 5.38 Å². The number of halogens is 1. The molecule has 2 rings (SSSR count). The third-order valence-corrected chi connectivity index (χ3v) is 4.29. The van der Waals surface area contributed by atoms with Gasteiger partial charge >= 0.3 is 0 Å². The van der Waals surface area contributed by atoms with Crippen LogP contribution in [0.3, 0.4) is 0 Å². The average Bonchev–Trinajstić information content (AvgIpc) is 2.28. The lowest BCUT2D eigenvalue weighted by Crippen LogP contribution is -2.37. The van der Waals surface area contributed by atoms with Crippen molar-refractivity contribution in [2.45, 2.75) is 23.1 Å². The molecule has 0 radical (unpaired) electrons. The Balaban J connectivity index is 2.38. The van der Waals surface area contributed by atoms with Gasteiger partial charge in [0, 0.05) is 25.5 Å². The lowest BCUT2D eigenvalue weighted by molar-refractivity contribution is 0.572. The molecule has 0 aromatic carbocycles. The minimum absolute atomic E-state index is 0.0677. The molecule has 0 amide bonds. The summed E-state index contributed by atoms with van der Waals surface area (Å²) < 4.78 is 23.4. The van der Waals surface area contributed by atoms with E-state index in [1.165, 1.54) is 6.26 Å². The summed E-state index contributed by atoms with van der Waals surface area (Å²) >= 11 is 6.11. The number of sulfone groups is 1. The van der Waals surface area contributed by atoms with Crippen LogP contribution in [0.25, 0.3) is 0 Å². The monoisotopic (exact) mass is 274 g/mol. The molecule has 0 saturated carbocycles.